The minimum absolute atomic E-state index is 0.291. The van der Waals surface area contributed by atoms with Gasteiger partial charge in [-0.1, -0.05) is 19.4 Å². The van der Waals surface area contributed by atoms with E-state index >= 15 is 0 Å². The number of allylic oxidation sites excluding steroid dienone is 4. The Morgan fingerprint density at radius 3 is 1.01 bits per heavy atom. The Labute approximate surface area is 527 Å². The molecule has 11 aromatic rings. The summed E-state index contributed by atoms with van der Waals surface area (Å²) in [6.07, 6.45) is 5.49. The molecule has 0 N–H and O–H groups in total. The van der Waals surface area contributed by atoms with Crippen LogP contribution in [0, 0.1) is 0 Å². The van der Waals surface area contributed by atoms with Crippen LogP contribution in [-0.2, 0) is 5.41 Å². The van der Waals surface area contributed by atoms with Crippen LogP contribution in [0.15, 0.2) is 315 Å². The predicted molar refractivity (Wildman–Crippen MR) is 361 cm³/mol. The molecular formula is C79H60N2O6Po2. The van der Waals surface area contributed by atoms with Gasteiger partial charge in [-0.2, -0.15) is 0 Å². The van der Waals surface area contributed by atoms with E-state index in [9.17, 15) is 19.2 Å². The van der Waals surface area contributed by atoms with Gasteiger partial charge in [0.1, 0.15) is 0 Å². The molecule has 0 aromatic heterocycles. The Bertz CT molecular complexity index is 4400. The van der Waals surface area contributed by atoms with Crippen LogP contribution < -0.4 is 45.1 Å². The van der Waals surface area contributed by atoms with E-state index in [4.69, 9.17) is 9.47 Å². The number of carbonyl (C=O) groups is 4. The molecule has 434 valence electrons. The zero-order valence-corrected chi connectivity index (χ0v) is 55.3. The van der Waals surface area contributed by atoms with E-state index in [0.717, 1.165) is 24.2 Å². The number of carbonyl (C=O) groups excluding carboxylic acids is 4. The van der Waals surface area contributed by atoms with Crippen LogP contribution in [0.4, 0.5) is 11.4 Å². The van der Waals surface area contributed by atoms with E-state index in [2.05, 4.69) is 202 Å². The fourth-order valence-corrected chi connectivity index (χ4v) is 43.1. The molecule has 0 saturated carbocycles. The molecular weight excluding hydrogens is 1490 g/mol. The van der Waals surface area contributed by atoms with Crippen molar-refractivity contribution in [2.45, 2.75) is 32.1 Å². The number of fused-ring (bicyclic) bond motifs is 2. The molecule has 89 heavy (non-hydrogen) atoms. The molecule has 0 spiro atoms. The zero-order valence-electron chi connectivity index (χ0n) is 48.9. The third kappa shape index (κ3) is 10.2. The predicted octanol–water partition coefficient (Wildman–Crippen LogP) is 11.8. The van der Waals surface area contributed by atoms with E-state index in [0.29, 0.717) is 57.3 Å². The number of hydrogen-bond donors (Lipinski definition) is 0. The van der Waals surface area contributed by atoms with E-state index in [1.807, 2.05) is 78.9 Å². The molecule has 14 rings (SSSR count). The second-order valence-electron chi connectivity index (χ2n) is 22.6. The summed E-state index contributed by atoms with van der Waals surface area (Å²) in [6, 6.07) is 98.3. The maximum atomic E-state index is 14.5. The van der Waals surface area contributed by atoms with Crippen molar-refractivity contribution in [3.8, 4) is 17.2 Å². The summed E-state index contributed by atoms with van der Waals surface area (Å²) in [5, 5.41) is 0. The van der Waals surface area contributed by atoms with Gasteiger partial charge in [0.25, 0.3) is 0 Å². The Balaban J connectivity index is 0.663. The number of ether oxygens (including phenoxy) is 2. The summed E-state index contributed by atoms with van der Waals surface area (Å²) < 4.78 is 22.7. The van der Waals surface area contributed by atoms with Gasteiger partial charge < -0.3 is 0 Å². The molecule has 0 atom stereocenters. The first-order chi connectivity index (χ1) is 43.5. The molecule has 0 saturated heterocycles. The molecule has 8 nitrogen and oxygen atoms in total. The summed E-state index contributed by atoms with van der Waals surface area (Å²) in [5.41, 5.74) is 4.30. The number of nitrogens with zero attached hydrogens (tertiary/aromatic N) is 2. The second-order valence-corrected chi connectivity index (χ2v) is 46.8. The number of hydrogen-bond acceptors (Lipinski definition) is 6. The SMILES string of the molecule is CC(C)(C1=CC=C(Oc2ccc3c(c2)C(=O)N(c2ccc[c]([Po]([c]4ccccc4)([c]4ccccc4)[c]4ccccc4)c2)C3=O)CC1)c1ccc(Oc2ccc3c(c2)C(=O)N(c2ccc[c]([Po]([c]4ccccc4)([c]4ccccc4)[c]4ccccc4)c2)C3=O)cc1. The van der Waals surface area contributed by atoms with Gasteiger partial charge in [0.05, 0.1) is 0 Å². The Kier molecular flexibility index (Phi) is 15.4. The summed E-state index contributed by atoms with van der Waals surface area (Å²) in [7, 11) is 0. The van der Waals surface area contributed by atoms with Gasteiger partial charge >= 0.3 is 502 Å². The molecule has 0 radical (unpaired) electrons. The van der Waals surface area contributed by atoms with Gasteiger partial charge in [0.2, 0.25) is 0 Å². The number of amides is 4. The van der Waals surface area contributed by atoms with Crippen LogP contribution in [0.25, 0.3) is 0 Å². The normalized spacial score (nSPS) is 14.4. The van der Waals surface area contributed by atoms with Crippen LogP contribution in [-0.4, -0.2) is 64.8 Å². The number of anilines is 2. The van der Waals surface area contributed by atoms with Gasteiger partial charge in [-0.3, -0.25) is 0 Å². The molecule has 0 fully saturated rings. The Hall–Kier alpha value is -9.43. The molecule has 0 bridgehead atoms. The van der Waals surface area contributed by atoms with Crippen molar-refractivity contribution in [2.24, 2.45) is 0 Å². The molecule has 3 aliphatic rings. The van der Waals surface area contributed by atoms with E-state index in [-0.39, 0.29) is 23.1 Å². The third-order valence-corrected chi connectivity index (χ3v) is 47.4. The van der Waals surface area contributed by atoms with Crippen LogP contribution >= 0.6 is 0 Å². The monoisotopic (exact) mass is 1550 g/mol. The van der Waals surface area contributed by atoms with Gasteiger partial charge in [-0.25, -0.2) is 0 Å². The standard InChI is InChI=1S/C43H30N2O6.6C6H5.2Po/c1-43(2,27-13-17-31(18-14-27)50-33-21-23-35-37(25-33)41(48)44(39(35)46)29-9-5-3-6-10-29)28-15-19-32(20-16-28)51-34-22-24-36-38(26-34)42(49)45(40(36)47)30-11-7-4-8-12-30;6*1-2-4-6-5-3-1;;/h3-5,7,9-15,17-19,21-26H,16,20H2,1-2H3;6*1-5H;;. The van der Waals surface area contributed by atoms with Gasteiger partial charge in [-0.15, -0.1) is 0 Å². The number of benzene rings is 11. The molecule has 10 heteroatoms. The molecule has 1 aliphatic carbocycles. The molecule has 4 amide bonds. The van der Waals surface area contributed by atoms with Crippen molar-refractivity contribution in [1.29, 1.82) is 0 Å². The average molecular weight is 1550 g/mol. The van der Waals surface area contributed by atoms with Crippen LogP contribution in [0.3, 0.4) is 0 Å². The van der Waals surface area contributed by atoms with Crippen molar-refractivity contribution in [3.63, 3.8) is 0 Å². The average Bonchev–Trinajstić information content (AvgIpc) is 1.53. The molecule has 2 heterocycles. The van der Waals surface area contributed by atoms with Crippen molar-refractivity contribution in [3.05, 3.63) is 342 Å². The fraction of sp³-hybridized carbons (Fsp3) is 0.0633. The second kappa shape index (κ2) is 23.9. The molecule has 11 aromatic carbocycles. The number of rotatable bonds is 16. The Morgan fingerprint density at radius 1 is 0.315 bits per heavy atom. The van der Waals surface area contributed by atoms with Crippen LogP contribution in [0.2, 0.25) is 0 Å². The summed E-state index contributed by atoms with van der Waals surface area (Å²) >= 11 is -8.04. The van der Waals surface area contributed by atoms with Crippen molar-refractivity contribution < 1.29 is 28.7 Å². The quantitative estimate of drug-likeness (QED) is 0.0895. The summed E-state index contributed by atoms with van der Waals surface area (Å²) in [4.78, 5) is 60.2. The van der Waals surface area contributed by atoms with Crippen molar-refractivity contribution in [2.75, 3.05) is 9.80 Å². The zero-order chi connectivity index (χ0) is 60.7. The summed E-state index contributed by atoms with van der Waals surface area (Å²) in [6.45, 7) is 4.40. The number of imide groups is 2. The maximum absolute atomic E-state index is 14.5. The van der Waals surface area contributed by atoms with Crippen molar-refractivity contribution >= 4 is 102 Å². The van der Waals surface area contributed by atoms with E-state index in [1.54, 1.807) is 36.4 Å². The first-order valence-corrected chi connectivity index (χ1v) is 42.3. The summed E-state index contributed by atoms with van der Waals surface area (Å²) in [5.74, 6) is 0.772. The van der Waals surface area contributed by atoms with E-state index < -0.39 is 47.0 Å². The first-order valence-electron chi connectivity index (χ1n) is 29.6. The molecule has 2 aliphatic heterocycles. The van der Waals surface area contributed by atoms with Gasteiger partial charge in [0.15, 0.2) is 0 Å². The topological polar surface area (TPSA) is 93.2 Å². The third-order valence-electron chi connectivity index (χ3n) is 17.1. The minimum atomic E-state index is -4.02. The fourth-order valence-electron chi connectivity index (χ4n) is 12.7. The van der Waals surface area contributed by atoms with Crippen molar-refractivity contribution in [1.82, 2.24) is 0 Å². The van der Waals surface area contributed by atoms with Gasteiger partial charge in [0, 0.05) is 5.41 Å². The molecule has 0 unspecified atom stereocenters. The van der Waals surface area contributed by atoms with E-state index in [1.165, 1.54) is 34.7 Å². The van der Waals surface area contributed by atoms with Crippen LogP contribution in [0.5, 0.6) is 17.2 Å². The Morgan fingerprint density at radius 2 is 0.652 bits per heavy atom. The first kappa shape index (κ1) is 57.3. The van der Waals surface area contributed by atoms with Crippen LogP contribution in [0.1, 0.15) is 73.7 Å². The van der Waals surface area contributed by atoms with Gasteiger partial charge in [-0.05, 0) is 5.56 Å².